The molecular formula is C40H44N12O10S2. The maximum absolute atomic E-state index is 12.7. The van der Waals surface area contributed by atoms with Gasteiger partial charge in [-0.2, -0.15) is 46.7 Å². The van der Waals surface area contributed by atoms with E-state index in [0.717, 1.165) is 22.6 Å². The minimum Gasteiger partial charge on any atom is -0.324 e. The summed E-state index contributed by atoms with van der Waals surface area (Å²) in [5.41, 5.74) is 1.51. The fourth-order valence-electron chi connectivity index (χ4n) is 5.58. The Bertz CT molecular complexity index is 2580. The zero-order valence-corrected chi connectivity index (χ0v) is 36.4. The van der Waals surface area contributed by atoms with E-state index in [2.05, 4.69) is 51.2 Å². The van der Waals surface area contributed by atoms with Crippen molar-refractivity contribution in [1.29, 1.82) is 0 Å². The van der Waals surface area contributed by atoms with Gasteiger partial charge in [-0.3, -0.25) is 9.11 Å². The van der Waals surface area contributed by atoms with E-state index in [4.69, 9.17) is 19.4 Å². The highest BCUT2D eigenvalue weighted by Gasteiger charge is 2.21. The highest BCUT2D eigenvalue weighted by Crippen LogP contribution is 2.29. The quantitative estimate of drug-likeness (QED) is 0.0225. The molecule has 0 spiro atoms. The fourth-order valence-corrected chi connectivity index (χ4v) is 7.00. The van der Waals surface area contributed by atoms with Crippen LogP contribution in [0.5, 0.6) is 0 Å². The first-order valence-electron chi connectivity index (χ1n) is 19.5. The minimum atomic E-state index is -4.89. The van der Waals surface area contributed by atoms with Crippen molar-refractivity contribution >= 4 is 90.8 Å². The van der Waals surface area contributed by atoms with Gasteiger partial charge in [-0.25, -0.2) is 19.4 Å². The van der Waals surface area contributed by atoms with Crippen LogP contribution in [0.25, 0.3) is 12.2 Å². The number of benzene rings is 4. The molecule has 0 aliphatic rings. The molecule has 336 valence electrons. The van der Waals surface area contributed by atoms with Crippen molar-refractivity contribution < 1.29 is 45.3 Å². The Labute approximate surface area is 368 Å². The highest BCUT2D eigenvalue weighted by atomic mass is 32.2. The lowest BCUT2D eigenvalue weighted by atomic mass is 10.1. The lowest BCUT2D eigenvalue weighted by molar-refractivity contribution is -0.0852. The zero-order chi connectivity index (χ0) is 45.7. The average Bonchev–Trinajstić information content (AvgIpc) is 3.26. The van der Waals surface area contributed by atoms with Gasteiger partial charge >= 0.3 is 0 Å². The number of hydrogen-bond donors (Lipinski definition) is 6. The third kappa shape index (κ3) is 12.8. The van der Waals surface area contributed by atoms with Crippen molar-refractivity contribution in [2.45, 2.75) is 37.5 Å². The van der Waals surface area contributed by atoms with Crippen LogP contribution in [0.2, 0.25) is 0 Å². The number of nitrogens with one attached hydrogen (secondary N) is 4. The minimum absolute atomic E-state index is 0.0392. The second-order valence-electron chi connectivity index (χ2n) is 12.8. The maximum Gasteiger partial charge on any atom is 0.295 e. The standard InChI is InChI=1S/C40H44N12O10S2/c1-5-59-51(60-6-2)39-47-35(41-29-15-11-9-12-16-29)45-37(49-39)43-31-23-21-27(33(25-31)63(53,54)55)19-20-28-22-24-32(26-34(28)64(56,57)58)44-38-46-36(42-30-17-13-10-14-18-30)48-40(50-38)52(61-7-3)62-8-4/h9-26H,5-8H2,1-4H3,(H,53,54,55)(H,56,57,58)(H2,41,43,45,47,49)(H2,42,44,46,48,50)/b20-19-. The van der Waals surface area contributed by atoms with Crippen LogP contribution in [0.15, 0.2) is 107 Å². The van der Waals surface area contributed by atoms with Crippen LogP contribution in [0, 0.1) is 0 Å². The van der Waals surface area contributed by atoms with Crippen molar-refractivity contribution in [3.8, 4) is 0 Å². The molecule has 0 aliphatic carbocycles. The van der Waals surface area contributed by atoms with Gasteiger partial charge < -0.3 is 21.3 Å². The predicted octanol–water partition coefficient (Wildman–Crippen LogP) is 7.11. The zero-order valence-electron chi connectivity index (χ0n) is 34.8. The van der Waals surface area contributed by atoms with E-state index >= 15 is 0 Å². The molecule has 0 saturated carbocycles. The van der Waals surface area contributed by atoms with Gasteiger partial charge in [0.1, 0.15) is 9.79 Å². The van der Waals surface area contributed by atoms with Crippen LogP contribution in [0.3, 0.4) is 0 Å². The lowest BCUT2D eigenvalue weighted by Crippen LogP contribution is -2.26. The van der Waals surface area contributed by atoms with E-state index in [9.17, 15) is 25.9 Å². The van der Waals surface area contributed by atoms with Gasteiger partial charge in [0.05, 0.1) is 26.4 Å². The normalized spacial score (nSPS) is 11.7. The van der Waals surface area contributed by atoms with E-state index in [-0.39, 0.29) is 84.6 Å². The number of anilines is 10. The third-order valence-corrected chi connectivity index (χ3v) is 9.98. The number of hydrogen-bond acceptors (Lipinski definition) is 20. The van der Waals surface area contributed by atoms with Gasteiger partial charge in [-0.05, 0) is 87.4 Å². The molecular weight excluding hydrogens is 873 g/mol. The maximum atomic E-state index is 12.7. The second kappa shape index (κ2) is 21.5. The lowest BCUT2D eigenvalue weighted by Gasteiger charge is -2.20. The average molecular weight is 917 g/mol. The number of aromatic nitrogens is 6. The molecule has 6 aromatic rings. The number of rotatable bonds is 22. The first kappa shape index (κ1) is 46.6. The molecule has 2 heterocycles. The molecule has 6 N–H and O–H groups in total. The van der Waals surface area contributed by atoms with Crippen LogP contribution in [-0.4, -0.2) is 82.3 Å². The summed E-state index contributed by atoms with van der Waals surface area (Å²) in [6.07, 6.45) is 2.51. The van der Waals surface area contributed by atoms with Crippen molar-refractivity contribution in [3.05, 3.63) is 108 Å². The van der Waals surface area contributed by atoms with E-state index in [0.29, 0.717) is 11.4 Å². The molecule has 0 saturated heterocycles. The summed E-state index contributed by atoms with van der Waals surface area (Å²) in [6, 6.07) is 26.0. The fraction of sp³-hybridized carbons (Fsp3) is 0.200. The third-order valence-electron chi connectivity index (χ3n) is 8.16. The molecule has 0 aliphatic heterocycles. The summed E-state index contributed by atoms with van der Waals surface area (Å²) in [4.78, 5) is 47.4. The van der Waals surface area contributed by atoms with Crippen molar-refractivity contribution in [2.75, 3.05) is 58.1 Å². The van der Waals surface area contributed by atoms with E-state index in [1.165, 1.54) is 36.4 Å². The molecule has 0 amide bonds. The Hall–Kier alpha value is -6.90. The van der Waals surface area contributed by atoms with Gasteiger partial charge in [-0.1, -0.05) is 71.1 Å². The van der Waals surface area contributed by atoms with Crippen LogP contribution in [0.1, 0.15) is 38.8 Å². The molecule has 0 radical (unpaired) electrons. The smallest absolute Gasteiger partial charge is 0.295 e. The summed E-state index contributed by atoms with van der Waals surface area (Å²) in [5.74, 6) is -0.00780. The van der Waals surface area contributed by atoms with Gasteiger partial charge in [0, 0.05) is 22.7 Å². The monoisotopic (exact) mass is 916 g/mol. The molecule has 2 aromatic heterocycles. The summed E-state index contributed by atoms with van der Waals surface area (Å²) in [6.45, 7) is 7.85. The molecule has 22 nitrogen and oxygen atoms in total. The van der Waals surface area contributed by atoms with Crippen LogP contribution >= 0.6 is 0 Å². The number of nitrogens with zero attached hydrogens (tertiary/aromatic N) is 8. The van der Waals surface area contributed by atoms with Crippen LogP contribution in [0.4, 0.5) is 58.4 Å². The Balaban J connectivity index is 1.31. The largest absolute Gasteiger partial charge is 0.324 e. The highest BCUT2D eigenvalue weighted by molar-refractivity contribution is 7.86. The Kier molecular flexibility index (Phi) is 15.6. The van der Waals surface area contributed by atoms with Crippen LogP contribution in [-0.2, 0) is 39.6 Å². The second-order valence-corrected chi connectivity index (χ2v) is 15.6. The van der Waals surface area contributed by atoms with Crippen molar-refractivity contribution in [1.82, 2.24) is 29.9 Å². The molecule has 6 rings (SSSR count). The first-order chi connectivity index (χ1) is 30.8. The van der Waals surface area contributed by atoms with Gasteiger partial charge in [0.2, 0.25) is 23.8 Å². The van der Waals surface area contributed by atoms with E-state index < -0.39 is 30.0 Å². The summed E-state index contributed by atoms with van der Waals surface area (Å²) >= 11 is 0. The Morgan fingerprint density at radius 1 is 0.469 bits per heavy atom. The van der Waals surface area contributed by atoms with Crippen LogP contribution < -0.4 is 31.7 Å². The number of para-hydroxylation sites is 2. The summed E-state index contributed by atoms with van der Waals surface area (Å²) in [7, 11) is -9.77. The van der Waals surface area contributed by atoms with Gasteiger partial charge in [-0.15, -0.1) is 0 Å². The molecule has 0 fully saturated rings. The predicted molar refractivity (Wildman–Crippen MR) is 239 cm³/mol. The Morgan fingerprint density at radius 2 is 0.781 bits per heavy atom. The molecule has 4 aromatic carbocycles. The molecule has 24 heteroatoms. The molecule has 0 unspecified atom stereocenters. The molecule has 0 bridgehead atoms. The summed E-state index contributed by atoms with van der Waals surface area (Å²) < 4.78 is 71.6. The van der Waals surface area contributed by atoms with E-state index in [1.807, 2.05) is 36.4 Å². The molecule has 0 atom stereocenters. The van der Waals surface area contributed by atoms with E-state index in [1.54, 1.807) is 52.0 Å². The first-order valence-corrected chi connectivity index (χ1v) is 22.4. The Morgan fingerprint density at radius 3 is 1.08 bits per heavy atom. The van der Waals surface area contributed by atoms with Gasteiger partial charge in [0.25, 0.3) is 32.1 Å². The van der Waals surface area contributed by atoms with Crippen molar-refractivity contribution in [3.63, 3.8) is 0 Å². The SMILES string of the molecule is CCON(OCC)c1nc(Nc2ccccc2)nc(Nc2ccc(/C=C\c3ccc(Nc4nc(Nc5ccccc5)nc(N(OCC)OCC)n4)cc3S(=O)(=O)O)c(S(=O)(=O)O)c2)n1. The van der Waals surface area contributed by atoms with Gasteiger partial charge in [0.15, 0.2) is 0 Å². The topological polar surface area (TPSA) is 278 Å². The molecule has 64 heavy (non-hydrogen) atoms. The summed E-state index contributed by atoms with van der Waals surface area (Å²) in [5, 5.41) is 14.0. The van der Waals surface area contributed by atoms with Crippen molar-refractivity contribution in [2.24, 2.45) is 0 Å².